The van der Waals surface area contributed by atoms with Gasteiger partial charge in [0.05, 0.1) is 11.4 Å². The number of nitrogens with zero attached hydrogens (tertiary/aromatic N) is 3. The smallest absolute Gasteiger partial charge is 0.356 e. The lowest BCUT2D eigenvalue weighted by atomic mass is 9.80. The van der Waals surface area contributed by atoms with E-state index in [1.54, 1.807) is 36.5 Å². The zero-order valence-electron chi connectivity index (χ0n) is 23.0. The van der Waals surface area contributed by atoms with Crippen LogP contribution in [0.3, 0.4) is 0 Å². The Labute approximate surface area is 243 Å². The second-order valence-corrected chi connectivity index (χ2v) is 11.7. The zero-order chi connectivity index (χ0) is 30.1. The van der Waals surface area contributed by atoms with E-state index in [-0.39, 0.29) is 18.0 Å². The molecule has 5 heterocycles. The van der Waals surface area contributed by atoms with Gasteiger partial charge in [0.25, 0.3) is 0 Å². The third-order valence-electron chi connectivity index (χ3n) is 8.86. The largest absolute Gasteiger partial charge is 0.452 e. The van der Waals surface area contributed by atoms with Crippen molar-refractivity contribution in [2.75, 3.05) is 13.1 Å². The van der Waals surface area contributed by atoms with Gasteiger partial charge in [-0.1, -0.05) is 35.5 Å². The number of aromatic nitrogens is 2. The predicted octanol–water partition coefficient (Wildman–Crippen LogP) is 5.46. The summed E-state index contributed by atoms with van der Waals surface area (Å²) in [5, 5.41) is 6.18. The van der Waals surface area contributed by atoms with E-state index in [1.807, 2.05) is 19.1 Å². The molecule has 3 fully saturated rings. The number of piperidine rings is 2. The first-order valence-corrected chi connectivity index (χ1v) is 13.9. The highest BCUT2D eigenvalue weighted by molar-refractivity contribution is 6.01. The first-order chi connectivity index (χ1) is 20.5. The van der Waals surface area contributed by atoms with Crippen LogP contribution in [0.25, 0.3) is 22.2 Å². The molecule has 0 saturated carbocycles. The molecule has 8 nitrogen and oxygen atoms in total. The van der Waals surface area contributed by atoms with Crippen LogP contribution in [0.5, 0.6) is 0 Å². The molecule has 7 rings (SSSR count). The first kappa shape index (κ1) is 27.7. The summed E-state index contributed by atoms with van der Waals surface area (Å²) in [4.78, 5) is 30.6. The number of epoxide rings is 1. The zero-order valence-corrected chi connectivity index (χ0v) is 23.0. The van der Waals surface area contributed by atoms with E-state index >= 15 is 4.39 Å². The number of alkyl halides is 3. The van der Waals surface area contributed by atoms with E-state index in [2.05, 4.69) is 24.9 Å². The second kappa shape index (κ2) is 9.68. The number of rotatable bonds is 5. The van der Waals surface area contributed by atoms with Gasteiger partial charge in [0.15, 0.2) is 0 Å². The highest BCUT2D eigenvalue weighted by Crippen LogP contribution is 2.61. The van der Waals surface area contributed by atoms with Gasteiger partial charge in [-0.25, -0.2) is 4.39 Å². The molecule has 3 saturated heterocycles. The fourth-order valence-electron chi connectivity index (χ4n) is 6.54. The highest BCUT2D eigenvalue weighted by atomic mass is 19.4. The fourth-order valence-corrected chi connectivity index (χ4v) is 6.54. The van der Waals surface area contributed by atoms with E-state index < -0.39 is 40.8 Å². The molecule has 0 radical (unpaired) electrons. The van der Waals surface area contributed by atoms with Gasteiger partial charge in [-0.15, -0.1) is 0 Å². The molecule has 3 unspecified atom stereocenters. The topological polar surface area (TPSA) is 101 Å². The number of nitrogens with one attached hydrogen (secondary N) is 1. The van der Waals surface area contributed by atoms with Crippen molar-refractivity contribution in [2.24, 2.45) is 0 Å². The van der Waals surface area contributed by atoms with Crippen LogP contribution < -0.4 is 5.32 Å². The van der Waals surface area contributed by atoms with Crippen molar-refractivity contribution in [3.05, 3.63) is 83.0 Å². The lowest BCUT2D eigenvalue weighted by Crippen LogP contribution is -2.44. The first-order valence-electron chi connectivity index (χ1n) is 13.9. The van der Waals surface area contributed by atoms with E-state index in [9.17, 15) is 22.8 Å². The van der Waals surface area contributed by atoms with E-state index in [1.165, 1.54) is 0 Å². The minimum absolute atomic E-state index is 0.109. The number of carbonyl (C=O) groups is 2. The number of carbonyl (C=O) groups excluding carboxylic acids is 2. The third-order valence-corrected chi connectivity index (χ3v) is 8.86. The number of hydrogen-bond donors (Lipinski definition) is 1. The summed E-state index contributed by atoms with van der Waals surface area (Å²) in [6.07, 6.45) is -1.90. The van der Waals surface area contributed by atoms with Crippen molar-refractivity contribution in [1.29, 1.82) is 0 Å². The number of pyridine rings is 1. The number of halogens is 4. The minimum Gasteiger partial charge on any atom is -0.356 e. The number of amides is 2. The highest BCUT2D eigenvalue weighted by Gasteiger charge is 2.70. The van der Waals surface area contributed by atoms with Gasteiger partial charge >= 0.3 is 6.18 Å². The molecule has 1 N–H and O–H groups in total. The van der Waals surface area contributed by atoms with Crippen LogP contribution >= 0.6 is 0 Å². The van der Waals surface area contributed by atoms with Crippen LogP contribution in [0, 0.1) is 5.82 Å². The number of likely N-dealkylation sites (tertiary alicyclic amines) is 1. The van der Waals surface area contributed by atoms with E-state index in [0.717, 1.165) is 11.6 Å². The third kappa shape index (κ3) is 4.69. The van der Waals surface area contributed by atoms with Crippen LogP contribution in [0.4, 0.5) is 17.6 Å². The van der Waals surface area contributed by atoms with Gasteiger partial charge in [-0.3, -0.25) is 24.8 Å². The Morgan fingerprint density at radius 1 is 1.12 bits per heavy atom. The molecular weight excluding hydrogens is 568 g/mol. The minimum atomic E-state index is -4.60. The SMILES string of the molecule is CC12CN(Cc3ccc(-c4cc(C(F)(F)F)on4)cc3)CCC1(c1ccc3ncc(C4CCC(=O)NC4=O)cc3c1F)O2. The molecule has 222 valence electrons. The number of hydrogen-bond acceptors (Lipinski definition) is 7. The molecule has 2 amide bonds. The van der Waals surface area contributed by atoms with Crippen LogP contribution in [0.1, 0.15) is 54.6 Å². The summed E-state index contributed by atoms with van der Waals surface area (Å²) < 4.78 is 65.4. The molecule has 0 bridgehead atoms. The van der Waals surface area contributed by atoms with Crippen LogP contribution in [0.2, 0.25) is 0 Å². The summed E-state index contributed by atoms with van der Waals surface area (Å²) in [6.45, 7) is 3.74. The summed E-state index contributed by atoms with van der Waals surface area (Å²) >= 11 is 0. The van der Waals surface area contributed by atoms with Crippen molar-refractivity contribution in [3.63, 3.8) is 0 Å². The van der Waals surface area contributed by atoms with Gasteiger partial charge in [-0.05, 0) is 43.0 Å². The average Bonchev–Trinajstić information content (AvgIpc) is 3.30. The van der Waals surface area contributed by atoms with Gasteiger partial charge in [0, 0.05) is 54.8 Å². The van der Waals surface area contributed by atoms with Crippen LogP contribution in [-0.2, 0) is 32.6 Å². The van der Waals surface area contributed by atoms with Gasteiger partial charge < -0.3 is 9.26 Å². The normalized spacial score (nSPS) is 25.9. The molecule has 3 atom stereocenters. The maximum atomic E-state index is 16.1. The predicted molar refractivity (Wildman–Crippen MR) is 145 cm³/mol. The molecule has 2 aromatic carbocycles. The van der Waals surface area contributed by atoms with Crippen molar-refractivity contribution in [3.8, 4) is 11.3 Å². The number of imide groups is 1. The van der Waals surface area contributed by atoms with Gasteiger partial charge in [0.2, 0.25) is 17.6 Å². The second-order valence-electron chi connectivity index (χ2n) is 11.7. The lowest BCUT2D eigenvalue weighted by Gasteiger charge is -2.33. The quantitative estimate of drug-likeness (QED) is 0.186. The Morgan fingerprint density at radius 3 is 2.60 bits per heavy atom. The summed E-state index contributed by atoms with van der Waals surface area (Å²) in [6, 6.07) is 13.1. The number of fused-ring (bicyclic) bond motifs is 2. The molecular formula is C31H26F4N4O4. The maximum absolute atomic E-state index is 16.1. The lowest BCUT2D eigenvalue weighted by molar-refractivity contribution is -0.155. The molecule has 3 aliphatic rings. The fraction of sp³-hybridized carbons (Fsp3) is 0.355. The molecule has 43 heavy (non-hydrogen) atoms. The molecule has 0 aliphatic carbocycles. The molecule has 0 spiro atoms. The van der Waals surface area contributed by atoms with E-state index in [0.29, 0.717) is 60.1 Å². The molecule has 3 aliphatic heterocycles. The Hall–Kier alpha value is -4.16. The molecule has 12 heteroatoms. The van der Waals surface area contributed by atoms with Crippen molar-refractivity contribution >= 4 is 22.7 Å². The average molecular weight is 595 g/mol. The Balaban J connectivity index is 1.07. The van der Waals surface area contributed by atoms with Gasteiger partial charge in [-0.2, -0.15) is 13.2 Å². The van der Waals surface area contributed by atoms with E-state index in [4.69, 9.17) is 4.74 Å². The van der Waals surface area contributed by atoms with Crippen molar-refractivity contribution in [2.45, 2.75) is 56.0 Å². The monoisotopic (exact) mass is 594 g/mol. The number of benzene rings is 2. The van der Waals surface area contributed by atoms with Crippen molar-refractivity contribution in [1.82, 2.24) is 20.4 Å². The van der Waals surface area contributed by atoms with Crippen LogP contribution in [0.15, 0.2) is 59.3 Å². The van der Waals surface area contributed by atoms with Crippen LogP contribution in [-0.4, -0.2) is 45.5 Å². The number of ether oxygens (including phenoxy) is 1. The molecule has 2 aromatic heterocycles. The van der Waals surface area contributed by atoms with Crippen molar-refractivity contribution < 1.29 is 36.4 Å². The summed E-state index contributed by atoms with van der Waals surface area (Å²) in [7, 11) is 0. The summed E-state index contributed by atoms with van der Waals surface area (Å²) in [5.74, 6) is -2.85. The van der Waals surface area contributed by atoms with Gasteiger partial charge in [0.1, 0.15) is 22.7 Å². The maximum Gasteiger partial charge on any atom is 0.452 e. The Bertz CT molecular complexity index is 1770. The molecule has 4 aromatic rings. The standard InChI is InChI=1S/C31H26F4N4O4/c1-29-16-39(15-17-2-4-18(5-3-17)24-13-25(42-38-24)31(33,34)35)11-10-30(29,43-29)22-7-8-23-21(27(22)32)12-19(14-36-23)20-6-9-26(40)37-28(20)41/h2-5,7-8,12-14,20H,6,9-11,15-16H2,1H3,(H,37,40,41). The Kier molecular flexibility index (Phi) is 6.23. The Morgan fingerprint density at radius 2 is 1.91 bits per heavy atom. The summed E-state index contributed by atoms with van der Waals surface area (Å²) in [5.41, 5.74) is 1.66.